The Kier molecular flexibility index (Phi) is 6.89. The van der Waals surface area contributed by atoms with E-state index >= 15 is 0 Å². The first-order valence-corrected chi connectivity index (χ1v) is 10.6. The van der Waals surface area contributed by atoms with Crippen LogP contribution in [0, 0.1) is 17.2 Å². The molecule has 0 saturated carbocycles. The van der Waals surface area contributed by atoms with Gasteiger partial charge in [0.1, 0.15) is 16.8 Å². The Morgan fingerprint density at radius 2 is 2.10 bits per heavy atom. The number of nitrogens with zero attached hydrogens (tertiary/aromatic N) is 1. The number of hydrogen-bond acceptors (Lipinski definition) is 6. The first kappa shape index (κ1) is 20.9. The van der Waals surface area contributed by atoms with Crippen LogP contribution in [0.2, 0.25) is 0 Å². The maximum absolute atomic E-state index is 12.3. The van der Waals surface area contributed by atoms with Crippen molar-refractivity contribution in [3.05, 3.63) is 46.3 Å². The van der Waals surface area contributed by atoms with Gasteiger partial charge in [-0.1, -0.05) is 32.0 Å². The lowest BCUT2D eigenvalue weighted by molar-refractivity contribution is -0.154. The molecule has 0 fully saturated rings. The van der Waals surface area contributed by atoms with Crippen molar-refractivity contribution in [2.24, 2.45) is 5.92 Å². The van der Waals surface area contributed by atoms with Crippen molar-refractivity contribution < 1.29 is 19.1 Å². The van der Waals surface area contributed by atoms with E-state index in [1.807, 2.05) is 25.1 Å². The molecule has 1 amide bonds. The lowest BCUT2D eigenvalue weighted by Crippen LogP contribution is -2.31. The smallest absolute Gasteiger partial charge is 0.347 e. The third kappa shape index (κ3) is 5.15. The van der Waals surface area contributed by atoms with Gasteiger partial charge in [-0.3, -0.25) is 4.79 Å². The fraction of sp³-hybridized carbons (Fsp3) is 0.409. The number of amides is 1. The van der Waals surface area contributed by atoms with Crippen molar-refractivity contribution in [2.45, 2.75) is 45.6 Å². The van der Waals surface area contributed by atoms with Crippen LogP contribution in [-0.2, 0) is 27.2 Å². The number of esters is 1. The summed E-state index contributed by atoms with van der Waals surface area (Å²) in [5.41, 5.74) is 1.58. The third-order valence-electron chi connectivity index (χ3n) is 4.88. The molecular formula is C22H24N2O4S. The van der Waals surface area contributed by atoms with Gasteiger partial charge in [-0.15, -0.1) is 11.3 Å². The molecule has 1 heterocycles. The largest absolute Gasteiger partial charge is 0.479 e. The van der Waals surface area contributed by atoms with Crippen LogP contribution in [-0.4, -0.2) is 24.6 Å². The lowest BCUT2D eigenvalue weighted by Gasteiger charge is -2.17. The molecule has 0 aliphatic heterocycles. The Balaban J connectivity index is 1.57. The number of hydrogen-bond donors (Lipinski definition) is 1. The Morgan fingerprint density at radius 1 is 1.34 bits per heavy atom. The van der Waals surface area contributed by atoms with Gasteiger partial charge in [0.25, 0.3) is 5.91 Å². The summed E-state index contributed by atoms with van der Waals surface area (Å²) < 4.78 is 10.8. The standard InChI is InChI=1S/C22H24N2O4S/c1-3-18(28-15-7-5-4-6-8-15)22(26)27-13-20(25)24-21-17(12-23)16-10-9-14(2)11-19(16)29-21/h4-8,14,18H,3,9-11,13H2,1-2H3,(H,24,25)/t14-,18+/m0/s1. The number of nitriles is 1. The average Bonchev–Trinajstić information content (AvgIpc) is 3.06. The van der Waals surface area contributed by atoms with Gasteiger partial charge < -0.3 is 14.8 Å². The van der Waals surface area contributed by atoms with E-state index in [1.54, 1.807) is 12.1 Å². The molecule has 1 aromatic carbocycles. The molecule has 0 spiro atoms. The van der Waals surface area contributed by atoms with E-state index in [2.05, 4.69) is 18.3 Å². The first-order valence-electron chi connectivity index (χ1n) is 9.74. The zero-order valence-electron chi connectivity index (χ0n) is 16.6. The van der Waals surface area contributed by atoms with E-state index in [-0.39, 0.29) is 0 Å². The van der Waals surface area contributed by atoms with Gasteiger partial charge in [-0.2, -0.15) is 5.26 Å². The number of benzene rings is 1. The van der Waals surface area contributed by atoms with Crippen molar-refractivity contribution >= 4 is 28.2 Å². The van der Waals surface area contributed by atoms with Gasteiger partial charge in [0.15, 0.2) is 12.7 Å². The van der Waals surface area contributed by atoms with Gasteiger partial charge in [0, 0.05) is 4.88 Å². The number of para-hydroxylation sites is 1. The van der Waals surface area contributed by atoms with Crippen molar-refractivity contribution in [3.63, 3.8) is 0 Å². The summed E-state index contributed by atoms with van der Waals surface area (Å²) in [7, 11) is 0. The maximum Gasteiger partial charge on any atom is 0.347 e. The van der Waals surface area contributed by atoms with E-state index < -0.39 is 24.6 Å². The highest BCUT2D eigenvalue weighted by Gasteiger charge is 2.25. The third-order valence-corrected chi connectivity index (χ3v) is 6.05. The summed E-state index contributed by atoms with van der Waals surface area (Å²) in [6, 6.07) is 11.2. The summed E-state index contributed by atoms with van der Waals surface area (Å²) in [6.45, 7) is 3.58. The molecule has 1 aliphatic carbocycles. The highest BCUT2D eigenvalue weighted by molar-refractivity contribution is 7.16. The van der Waals surface area contributed by atoms with Crippen molar-refractivity contribution in [1.82, 2.24) is 0 Å². The molecule has 2 atom stereocenters. The Hall–Kier alpha value is -2.85. The molecule has 0 bridgehead atoms. The molecule has 2 aromatic rings. The quantitative estimate of drug-likeness (QED) is 0.692. The molecule has 6 nitrogen and oxygen atoms in total. The van der Waals surface area contributed by atoms with Gasteiger partial charge in [0.2, 0.25) is 0 Å². The van der Waals surface area contributed by atoms with Crippen molar-refractivity contribution in [2.75, 3.05) is 11.9 Å². The van der Waals surface area contributed by atoms with Crippen LogP contribution in [0.3, 0.4) is 0 Å². The molecule has 1 aliphatic rings. The molecule has 0 radical (unpaired) electrons. The predicted octanol–water partition coefficient (Wildman–Crippen LogP) is 4.08. The van der Waals surface area contributed by atoms with Crippen molar-refractivity contribution in [1.29, 1.82) is 5.26 Å². The van der Waals surface area contributed by atoms with E-state index in [1.165, 1.54) is 11.3 Å². The zero-order chi connectivity index (χ0) is 20.8. The second kappa shape index (κ2) is 9.57. The molecule has 0 unspecified atom stereocenters. The van der Waals surface area contributed by atoms with Gasteiger partial charge in [0.05, 0.1) is 5.56 Å². The van der Waals surface area contributed by atoms with E-state index in [4.69, 9.17) is 9.47 Å². The lowest BCUT2D eigenvalue weighted by atomic mass is 9.89. The number of ether oxygens (including phenoxy) is 2. The molecule has 152 valence electrons. The number of anilines is 1. The normalized spacial score (nSPS) is 16.2. The summed E-state index contributed by atoms with van der Waals surface area (Å²) >= 11 is 1.45. The van der Waals surface area contributed by atoms with Gasteiger partial charge in [-0.05, 0) is 49.3 Å². The monoisotopic (exact) mass is 412 g/mol. The Bertz CT molecular complexity index is 917. The second-order valence-electron chi connectivity index (χ2n) is 7.15. The minimum absolute atomic E-state index is 0.419. The van der Waals surface area contributed by atoms with Crippen LogP contribution < -0.4 is 10.1 Å². The number of carbonyl (C=O) groups excluding carboxylic acids is 2. The van der Waals surface area contributed by atoms with E-state index in [0.29, 0.717) is 28.7 Å². The van der Waals surface area contributed by atoms with Crippen LogP contribution in [0.15, 0.2) is 30.3 Å². The van der Waals surface area contributed by atoms with Crippen LogP contribution in [0.1, 0.15) is 42.7 Å². The zero-order valence-corrected chi connectivity index (χ0v) is 17.4. The predicted molar refractivity (Wildman–Crippen MR) is 111 cm³/mol. The van der Waals surface area contributed by atoms with Gasteiger partial charge >= 0.3 is 5.97 Å². The second-order valence-corrected chi connectivity index (χ2v) is 8.26. The summed E-state index contributed by atoms with van der Waals surface area (Å²) in [5.74, 6) is 0.0907. The van der Waals surface area contributed by atoms with Crippen LogP contribution in [0.4, 0.5) is 5.00 Å². The highest BCUT2D eigenvalue weighted by Crippen LogP contribution is 2.39. The summed E-state index contributed by atoms with van der Waals surface area (Å²) in [4.78, 5) is 25.7. The van der Waals surface area contributed by atoms with Crippen LogP contribution in [0.25, 0.3) is 0 Å². The fourth-order valence-corrected chi connectivity index (χ4v) is 4.69. The Morgan fingerprint density at radius 3 is 2.79 bits per heavy atom. The minimum Gasteiger partial charge on any atom is -0.479 e. The number of thiophene rings is 1. The number of fused-ring (bicyclic) bond motifs is 1. The summed E-state index contributed by atoms with van der Waals surface area (Å²) in [6.07, 6.45) is 2.47. The number of rotatable bonds is 7. The number of nitrogens with one attached hydrogen (secondary N) is 1. The van der Waals surface area contributed by atoms with E-state index in [9.17, 15) is 14.9 Å². The SMILES string of the molecule is CC[C@@H](Oc1ccccc1)C(=O)OCC(=O)Nc1sc2c(c1C#N)CC[C@H](C)C2. The molecule has 0 saturated heterocycles. The first-order chi connectivity index (χ1) is 14.0. The molecule has 7 heteroatoms. The maximum atomic E-state index is 12.3. The van der Waals surface area contributed by atoms with Crippen LogP contribution >= 0.6 is 11.3 Å². The van der Waals surface area contributed by atoms with Crippen LogP contribution in [0.5, 0.6) is 5.75 Å². The minimum atomic E-state index is -0.782. The topological polar surface area (TPSA) is 88.4 Å². The number of carbonyl (C=O) groups is 2. The average molecular weight is 413 g/mol. The molecule has 1 N–H and O–H groups in total. The highest BCUT2D eigenvalue weighted by atomic mass is 32.1. The molecular weight excluding hydrogens is 388 g/mol. The fourth-order valence-electron chi connectivity index (χ4n) is 3.31. The molecule has 3 rings (SSSR count). The van der Waals surface area contributed by atoms with E-state index in [0.717, 1.165) is 29.7 Å². The molecule has 1 aromatic heterocycles. The molecule has 29 heavy (non-hydrogen) atoms. The van der Waals surface area contributed by atoms with Gasteiger partial charge in [-0.25, -0.2) is 4.79 Å². The Labute approximate surface area is 174 Å². The summed E-state index contributed by atoms with van der Waals surface area (Å²) in [5, 5.41) is 12.8. The van der Waals surface area contributed by atoms with Crippen molar-refractivity contribution in [3.8, 4) is 11.8 Å².